The van der Waals surface area contributed by atoms with Crippen molar-refractivity contribution in [3.8, 4) is 5.75 Å². The van der Waals surface area contributed by atoms with Crippen LogP contribution in [-0.2, 0) is 0 Å². The van der Waals surface area contributed by atoms with Gasteiger partial charge in [0.2, 0.25) is 0 Å². The smallest absolute Gasteiger partial charge is 0.119 e. The van der Waals surface area contributed by atoms with Crippen molar-refractivity contribution >= 4 is 0 Å². The van der Waals surface area contributed by atoms with Crippen LogP contribution in [0.5, 0.6) is 5.75 Å². The zero-order valence-electron chi connectivity index (χ0n) is 13.6. The fraction of sp³-hybridized carbons (Fsp3) is 0.667. The van der Waals surface area contributed by atoms with E-state index >= 15 is 0 Å². The van der Waals surface area contributed by atoms with Crippen LogP contribution in [0.1, 0.15) is 56.6 Å². The number of ether oxygens (including phenoxy) is 1. The summed E-state index contributed by atoms with van der Waals surface area (Å²) in [6.45, 7) is 7.30. The maximum Gasteiger partial charge on any atom is 0.119 e. The summed E-state index contributed by atoms with van der Waals surface area (Å²) < 4.78 is 5.88. The first-order valence-electron chi connectivity index (χ1n) is 8.09. The van der Waals surface area contributed by atoms with Crippen LogP contribution in [0.4, 0.5) is 0 Å². The quantitative estimate of drug-likeness (QED) is 0.845. The molecule has 0 radical (unpaired) electrons. The minimum Gasteiger partial charge on any atom is -0.494 e. The first-order chi connectivity index (χ1) is 9.96. The molecule has 3 heteroatoms. The van der Waals surface area contributed by atoms with E-state index in [0.717, 1.165) is 31.4 Å². The lowest BCUT2D eigenvalue weighted by Gasteiger charge is -2.29. The van der Waals surface area contributed by atoms with Gasteiger partial charge in [-0.25, -0.2) is 0 Å². The molecule has 1 fully saturated rings. The molecule has 1 saturated carbocycles. The van der Waals surface area contributed by atoms with Crippen molar-refractivity contribution in [3.05, 3.63) is 29.3 Å². The lowest BCUT2D eigenvalue weighted by molar-refractivity contribution is 0.143. The highest BCUT2D eigenvalue weighted by Crippen LogP contribution is 2.35. The number of aliphatic hydroxyl groups excluding tert-OH is 1. The Labute approximate surface area is 128 Å². The van der Waals surface area contributed by atoms with Crippen LogP contribution in [-0.4, -0.2) is 23.9 Å². The summed E-state index contributed by atoms with van der Waals surface area (Å²) in [5, 5.41) is 9.47. The van der Waals surface area contributed by atoms with Gasteiger partial charge in [0, 0.05) is 5.54 Å². The molecular formula is C18H29NO2. The van der Waals surface area contributed by atoms with Gasteiger partial charge in [0.15, 0.2) is 0 Å². The second-order valence-corrected chi connectivity index (χ2v) is 6.79. The standard InChI is InChI=1S/C18H29NO2/c1-13(2)17-7-6-16(11-14(17)3)21-10-8-15-5-4-9-18(15,19)12-20/h6-7,11,13,15,20H,4-5,8-10,12,19H2,1-3H3. The molecule has 3 N–H and O–H groups in total. The second kappa shape index (κ2) is 6.80. The predicted octanol–water partition coefficient (Wildman–Crippen LogP) is 3.38. The van der Waals surface area contributed by atoms with Crippen molar-refractivity contribution in [2.45, 2.75) is 57.9 Å². The number of aliphatic hydroxyl groups is 1. The SMILES string of the molecule is Cc1cc(OCCC2CCCC2(N)CO)ccc1C(C)C. The molecule has 118 valence electrons. The Morgan fingerprint density at radius 3 is 2.81 bits per heavy atom. The van der Waals surface area contributed by atoms with Gasteiger partial charge in [-0.1, -0.05) is 26.3 Å². The first-order valence-corrected chi connectivity index (χ1v) is 8.09. The highest BCUT2D eigenvalue weighted by atomic mass is 16.5. The minimum atomic E-state index is -0.388. The van der Waals surface area contributed by atoms with Crippen molar-refractivity contribution in [2.75, 3.05) is 13.2 Å². The van der Waals surface area contributed by atoms with Crippen molar-refractivity contribution in [1.82, 2.24) is 0 Å². The molecule has 0 aliphatic heterocycles. The van der Waals surface area contributed by atoms with Crippen molar-refractivity contribution in [2.24, 2.45) is 11.7 Å². The third-order valence-electron chi connectivity index (χ3n) is 4.90. The van der Waals surface area contributed by atoms with Crippen LogP contribution in [0, 0.1) is 12.8 Å². The van der Waals surface area contributed by atoms with Crippen LogP contribution in [0.2, 0.25) is 0 Å². The Bertz CT molecular complexity index is 472. The van der Waals surface area contributed by atoms with Gasteiger partial charge in [0.05, 0.1) is 13.2 Å². The number of hydrogen-bond donors (Lipinski definition) is 2. The monoisotopic (exact) mass is 291 g/mol. The molecule has 2 atom stereocenters. The molecule has 0 bridgehead atoms. The van der Waals surface area contributed by atoms with Gasteiger partial charge in [-0.05, 0) is 61.3 Å². The third kappa shape index (κ3) is 3.78. The first kappa shape index (κ1) is 16.3. The fourth-order valence-electron chi connectivity index (χ4n) is 3.51. The van der Waals surface area contributed by atoms with Gasteiger partial charge in [-0.15, -0.1) is 0 Å². The molecule has 0 spiro atoms. The van der Waals surface area contributed by atoms with Crippen LogP contribution in [0.15, 0.2) is 18.2 Å². The molecule has 0 amide bonds. The number of rotatable bonds is 6. The summed E-state index contributed by atoms with van der Waals surface area (Å²) in [5.41, 5.74) is 8.52. The summed E-state index contributed by atoms with van der Waals surface area (Å²) in [6.07, 6.45) is 4.06. The molecule has 2 unspecified atom stereocenters. The van der Waals surface area contributed by atoms with E-state index in [2.05, 4.69) is 39.0 Å². The van der Waals surface area contributed by atoms with E-state index in [0.29, 0.717) is 18.4 Å². The van der Waals surface area contributed by atoms with Crippen LogP contribution in [0.25, 0.3) is 0 Å². The van der Waals surface area contributed by atoms with E-state index in [9.17, 15) is 5.11 Å². The van der Waals surface area contributed by atoms with Gasteiger partial charge in [0.1, 0.15) is 5.75 Å². The van der Waals surface area contributed by atoms with Gasteiger partial charge < -0.3 is 15.6 Å². The summed E-state index contributed by atoms with van der Waals surface area (Å²) in [4.78, 5) is 0. The van der Waals surface area contributed by atoms with E-state index in [1.165, 1.54) is 11.1 Å². The Morgan fingerprint density at radius 1 is 1.43 bits per heavy atom. The van der Waals surface area contributed by atoms with E-state index < -0.39 is 0 Å². The summed E-state index contributed by atoms with van der Waals surface area (Å²) in [5.74, 6) is 1.85. The molecule has 1 aromatic carbocycles. The number of aryl methyl sites for hydroxylation is 1. The van der Waals surface area contributed by atoms with Crippen LogP contribution >= 0.6 is 0 Å². The van der Waals surface area contributed by atoms with Gasteiger partial charge in [-0.2, -0.15) is 0 Å². The van der Waals surface area contributed by atoms with Crippen LogP contribution in [0.3, 0.4) is 0 Å². The largest absolute Gasteiger partial charge is 0.494 e. The normalized spacial score (nSPS) is 25.5. The Kier molecular flexibility index (Phi) is 5.28. The number of nitrogens with two attached hydrogens (primary N) is 1. The molecule has 0 saturated heterocycles. The zero-order chi connectivity index (χ0) is 15.5. The average Bonchev–Trinajstić information content (AvgIpc) is 2.81. The molecule has 0 aromatic heterocycles. The van der Waals surface area contributed by atoms with Crippen LogP contribution < -0.4 is 10.5 Å². The Balaban J connectivity index is 1.88. The van der Waals surface area contributed by atoms with Gasteiger partial charge in [0.25, 0.3) is 0 Å². The van der Waals surface area contributed by atoms with Crippen molar-refractivity contribution < 1.29 is 9.84 Å². The number of benzene rings is 1. The topological polar surface area (TPSA) is 55.5 Å². The minimum absolute atomic E-state index is 0.0832. The maximum atomic E-state index is 9.47. The lowest BCUT2D eigenvalue weighted by Crippen LogP contribution is -2.47. The van der Waals surface area contributed by atoms with E-state index in [-0.39, 0.29) is 12.1 Å². The average molecular weight is 291 g/mol. The molecule has 1 aliphatic rings. The number of hydrogen-bond acceptors (Lipinski definition) is 3. The van der Waals surface area contributed by atoms with Gasteiger partial charge >= 0.3 is 0 Å². The van der Waals surface area contributed by atoms with Crippen molar-refractivity contribution in [1.29, 1.82) is 0 Å². The van der Waals surface area contributed by atoms with Crippen molar-refractivity contribution in [3.63, 3.8) is 0 Å². The molecule has 1 aromatic rings. The lowest BCUT2D eigenvalue weighted by atomic mass is 9.87. The zero-order valence-corrected chi connectivity index (χ0v) is 13.6. The Morgan fingerprint density at radius 2 is 2.19 bits per heavy atom. The fourth-order valence-corrected chi connectivity index (χ4v) is 3.51. The van der Waals surface area contributed by atoms with E-state index in [1.54, 1.807) is 0 Å². The second-order valence-electron chi connectivity index (χ2n) is 6.79. The molecule has 3 nitrogen and oxygen atoms in total. The maximum absolute atomic E-state index is 9.47. The molecule has 21 heavy (non-hydrogen) atoms. The third-order valence-corrected chi connectivity index (χ3v) is 4.90. The molecule has 1 aliphatic carbocycles. The molecule has 0 heterocycles. The summed E-state index contributed by atoms with van der Waals surface area (Å²) >= 11 is 0. The molecule has 2 rings (SSSR count). The summed E-state index contributed by atoms with van der Waals surface area (Å²) in [7, 11) is 0. The summed E-state index contributed by atoms with van der Waals surface area (Å²) in [6, 6.07) is 6.33. The molecular weight excluding hydrogens is 262 g/mol. The Hall–Kier alpha value is -1.06. The highest BCUT2D eigenvalue weighted by Gasteiger charge is 2.38. The van der Waals surface area contributed by atoms with E-state index in [1.807, 2.05) is 0 Å². The van der Waals surface area contributed by atoms with Gasteiger partial charge in [-0.3, -0.25) is 0 Å². The van der Waals surface area contributed by atoms with E-state index in [4.69, 9.17) is 10.5 Å². The highest BCUT2D eigenvalue weighted by molar-refractivity contribution is 5.36. The predicted molar refractivity (Wildman–Crippen MR) is 86.7 cm³/mol.